The summed E-state index contributed by atoms with van der Waals surface area (Å²) in [4.78, 5) is 11.8. The molecule has 0 unspecified atom stereocenters. The van der Waals surface area contributed by atoms with E-state index in [0.717, 1.165) is 5.56 Å². The number of aromatic nitrogens is 1. The molecular weight excluding hydrogens is 337 g/mol. The molecule has 0 radical (unpaired) electrons. The predicted molar refractivity (Wildman–Crippen MR) is 93.7 cm³/mol. The number of carbonyl (C=O) groups excluding carboxylic acids is 1. The summed E-state index contributed by atoms with van der Waals surface area (Å²) in [5.41, 5.74) is 1.91. The van der Waals surface area contributed by atoms with Crippen LogP contribution in [-0.4, -0.2) is 18.2 Å². The summed E-state index contributed by atoms with van der Waals surface area (Å²) in [7, 11) is 1.39. The van der Waals surface area contributed by atoms with E-state index in [4.69, 9.17) is 14.0 Å². The van der Waals surface area contributed by atoms with E-state index in [1.54, 1.807) is 12.1 Å². The zero-order valence-electron chi connectivity index (χ0n) is 14.0. The van der Waals surface area contributed by atoms with Gasteiger partial charge in [-0.1, -0.05) is 41.6 Å². The van der Waals surface area contributed by atoms with Crippen LogP contribution in [0.4, 0.5) is 4.39 Å². The molecule has 3 aromatic rings. The zero-order valence-corrected chi connectivity index (χ0v) is 14.0. The predicted octanol–water partition coefficient (Wildman–Crippen LogP) is 4.25. The molecule has 0 aliphatic rings. The smallest absolute Gasteiger partial charge is 0.331 e. The Balaban J connectivity index is 1.56. The Morgan fingerprint density at radius 1 is 1.19 bits per heavy atom. The highest BCUT2D eigenvalue weighted by molar-refractivity contribution is 5.87. The fourth-order valence-corrected chi connectivity index (χ4v) is 2.26. The minimum atomic E-state index is -0.564. The third kappa shape index (κ3) is 4.36. The summed E-state index contributed by atoms with van der Waals surface area (Å²) in [5.74, 6) is -0.324. The van der Waals surface area contributed by atoms with Crippen molar-refractivity contribution in [3.05, 3.63) is 77.7 Å². The van der Waals surface area contributed by atoms with Crippen LogP contribution < -0.4 is 4.74 Å². The molecular formula is C20H16FNO4. The minimum absolute atomic E-state index is 0.0174. The van der Waals surface area contributed by atoms with Crippen LogP contribution in [0.5, 0.6) is 5.75 Å². The number of carbonyl (C=O) groups is 1. The van der Waals surface area contributed by atoms with Gasteiger partial charge in [0.25, 0.3) is 0 Å². The number of benzene rings is 2. The van der Waals surface area contributed by atoms with Crippen LogP contribution >= 0.6 is 0 Å². The average Bonchev–Trinajstić information content (AvgIpc) is 3.14. The van der Waals surface area contributed by atoms with E-state index in [-0.39, 0.29) is 12.4 Å². The largest absolute Gasteiger partial charge is 0.494 e. The standard InChI is InChI=1S/C20H16FNO4/c1-24-18-9-7-14(11-17(18)21)8-10-20(23)25-13-16-12-19(26-22-16)15-5-3-2-4-6-15/h2-12H,13H2,1H3/b10-8+. The van der Waals surface area contributed by atoms with E-state index < -0.39 is 11.8 Å². The topological polar surface area (TPSA) is 61.6 Å². The van der Waals surface area contributed by atoms with Gasteiger partial charge >= 0.3 is 5.97 Å². The molecule has 3 rings (SSSR count). The highest BCUT2D eigenvalue weighted by atomic mass is 19.1. The zero-order chi connectivity index (χ0) is 18.4. The van der Waals surface area contributed by atoms with Crippen molar-refractivity contribution in [3.63, 3.8) is 0 Å². The molecule has 132 valence electrons. The molecule has 6 heteroatoms. The van der Waals surface area contributed by atoms with Gasteiger partial charge in [-0.15, -0.1) is 0 Å². The molecule has 1 aromatic heterocycles. The number of hydrogen-bond acceptors (Lipinski definition) is 5. The van der Waals surface area contributed by atoms with Crippen molar-refractivity contribution in [2.24, 2.45) is 0 Å². The lowest BCUT2D eigenvalue weighted by Crippen LogP contribution is -2.00. The average molecular weight is 353 g/mol. The molecule has 0 aliphatic heterocycles. The molecule has 0 amide bonds. The van der Waals surface area contributed by atoms with Gasteiger partial charge in [0, 0.05) is 17.7 Å². The van der Waals surface area contributed by atoms with Crippen LogP contribution in [0.15, 0.2) is 65.2 Å². The Hall–Kier alpha value is -3.41. The number of ether oxygens (including phenoxy) is 2. The van der Waals surface area contributed by atoms with Crippen LogP contribution in [-0.2, 0) is 16.1 Å². The van der Waals surface area contributed by atoms with Gasteiger partial charge in [-0.2, -0.15) is 0 Å². The van der Waals surface area contributed by atoms with Gasteiger partial charge in [-0.3, -0.25) is 0 Å². The van der Waals surface area contributed by atoms with Gasteiger partial charge in [0.05, 0.1) is 7.11 Å². The van der Waals surface area contributed by atoms with Crippen LogP contribution in [0.2, 0.25) is 0 Å². The van der Waals surface area contributed by atoms with E-state index in [2.05, 4.69) is 5.16 Å². The Kier molecular flexibility index (Phi) is 5.43. The maximum Gasteiger partial charge on any atom is 0.331 e. The van der Waals surface area contributed by atoms with Crippen molar-refractivity contribution in [1.29, 1.82) is 0 Å². The maximum absolute atomic E-state index is 13.6. The summed E-state index contributed by atoms with van der Waals surface area (Å²) in [5, 5.41) is 3.87. The van der Waals surface area contributed by atoms with E-state index in [9.17, 15) is 9.18 Å². The summed E-state index contributed by atoms with van der Waals surface area (Å²) >= 11 is 0. The first-order valence-corrected chi connectivity index (χ1v) is 7.85. The molecule has 0 saturated heterocycles. The Morgan fingerprint density at radius 2 is 2.00 bits per heavy atom. The molecule has 5 nitrogen and oxygen atoms in total. The maximum atomic E-state index is 13.6. The van der Waals surface area contributed by atoms with Crippen LogP contribution in [0, 0.1) is 5.82 Å². The summed E-state index contributed by atoms with van der Waals surface area (Å²) in [6, 6.07) is 15.6. The Labute approximate surface area is 149 Å². The summed E-state index contributed by atoms with van der Waals surface area (Å²) in [6.07, 6.45) is 2.68. The van der Waals surface area contributed by atoms with Crippen LogP contribution in [0.1, 0.15) is 11.3 Å². The number of halogens is 1. The van der Waals surface area contributed by atoms with Gasteiger partial charge in [-0.25, -0.2) is 9.18 Å². The second-order valence-corrected chi connectivity index (χ2v) is 5.38. The van der Waals surface area contributed by atoms with Crippen molar-refractivity contribution in [1.82, 2.24) is 5.16 Å². The number of methoxy groups -OCH3 is 1. The van der Waals surface area contributed by atoms with Crippen molar-refractivity contribution >= 4 is 12.0 Å². The van der Waals surface area contributed by atoms with Crippen molar-refractivity contribution < 1.29 is 23.2 Å². The van der Waals surface area contributed by atoms with Crippen molar-refractivity contribution in [3.8, 4) is 17.1 Å². The number of nitrogens with zero attached hydrogens (tertiary/aromatic N) is 1. The van der Waals surface area contributed by atoms with Crippen molar-refractivity contribution in [2.75, 3.05) is 7.11 Å². The van der Waals surface area contributed by atoms with Crippen LogP contribution in [0.25, 0.3) is 17.4 Å². The second-order valence-electron chi connectivity index (χ2n) is 5.38. The lowest BCUT2D eigenvalue weighted by molar-refractivity contribution is -0.139. The molecule has 0 spiro atoms. The first-order chi connectivity index (χ1) is 12.7. The lowest BCUT2D eigenvalue weighted by atomic mass is 10.2. The molecule has 0 atom stereocenters. The van der Waals surface area contributed by atoms with E-state index >= 15 is 0 Å². The van der Waals surface area contributed by atoms with Gasteiger partial charge in [0.2, 0.25) is 0 Å². The fourth-order valence-electron chi connectivity index (χ4n) is 2.26. The fraction of sp³-hybridized carbons (Fsp3) is 0.100. The van der Waals surface area contributed by atoms with Gasteiger partial charge in [0.1, 0.15) is 12.3 Å². The number of rotatable bonds is 6. The third-order valence-corrected chi connectivity index (χ3v) is 3.57. The van der Waals surface area contributed by atoms with E-state index in [1.807, 2.05) is 30.3 Å². The lowest BCUT2D eigenvalue weighted by Gasteiger charge is -2.02. The van der Waals surface area contributed by atoms with Crippen LogP contribution in [0.3, 0.4) is 0 Å². The summed E-state index contributed by atoms with van der Waals surface area (Å²) < 4.78 is 28.8. The van der Waals surface area contributed by atoms with Crippen molar-refractivity contribution in [2.45, 2.75) is 6.61 Å². The molecule has 2 aromatic carbocycles. The molecule has 0 saturated carbocycles. The van der Waals surface area contributed by atoms with E-state index in [1.165, 1.54) is 31.4 Å². The first-order valence-electron chi connectivity index (χ1n) is 7.85. The highest BCUT2D eigenvalue weighted by Gasteiger charge is 2.08. The molecule has 26 heavy (non-hydrogen) atoms. The number of hydrogen-bond donors (Lipinski definition) is 0. The highest BCUT2D eigenvalue weighted by Crippen LogP contribution is 2.20. The third-order valence-electron chi connectivity index (χ3n) is 3.57. The van der Waals surface area contributed by atoms with Gasteiger partial charge < -0.3 is 14.0 Å². The molecule has 1 heterocycles. The normalized spacial score (nSPS) is 10.8. The molecule has 0 bridgehead atoms. The van der Waals surface area contributed by atoms with Gasteiger partial charge in [-0.05, 0) is 23.8 Å². The van der Waals surface area contributed by atoms with E-state index in [0.29, 0.717) is 17.0 Å². The molecule has 0 N–H and O–H groups in total. The minimum Gasteiger partial charge on any atom is -0.494 e. The molecule has 0 fully saturated rings. The quantitative estimate of drug-likeness (QED) is 0.490. The Morgan fingerprint density at radius 3 is 2.73 bits per heavy atom. The monoisotopic (exact) mass is 353 g/mol. The molecule has 0 aliphatic carbocycles. The summed E-state index contributed by atoms with van der Waals surface area (Å²) in [6.45, 7) is -0.0174. The number of esters is 1. The second kappa shape index (κ2) is 8.11. The van der Waals surface area contributed by atoms with Gasteiger partial charge in [0.15, 0.2) is 17.3 Å². The first kappa shape index (κ1) is 17.4. The SMILES string of the molecule is COc1ccc(/C=C/C(=O)OCc2cc(-c3ccccc3)on2)cc1F. The Bertz CT molecular complexity index is 919.